The summed E-state index contributed by atoms with van der Waals surface area (Å²) in [6.45, 7) is 0.168. The first-order valence-corrected chi connectivity index (χ1v) is 7.03. The van der Waals surface area contributed by atoms with E-state index in [1.165, 1.54) is 16.7 Å². The number of nitrogens with zero attached hydrogens (tertiary/aromatic N) is 1. The van der Waals surface area contributed by atoms with Gasteiger partial charge < -0.3 is 14.3 Å². The Morgan fingerprint density at radius 3 is 2.54 bits per heavy atom. The Morgan fingerprint density at radius 1 is 1.08 bits per heavy atom. The summed E-state index contributed by atoms with van der Waals surface area (Å²) < 4.78 is 33.0. The molecular formula is C17H12F2N2O3. The fourth-order valence-electron chi connectivity index (χ4n) is 2.16. The minimum absolute atomic E-state index is 0.0188. The Morgan fingerprint density at radius 2 is 1.83 bits per heavy atom. The molecule has 0 aliphatic carbocycles. The molecule has 0 spiro atoms. The standard InChI is InChI=1S/C17H12F2N2O3/c18-11-7-12(19)9-13(8-11)20-17(23)15-5-4-14(24-15)10-21-6-2-1-3-16(21)22/h1-9H,10H2,(H,20,23). The maximum Gasteiger partial charge on any atom is 0.291 e. The fourth-order valence-corrected chi connectivity index (χ4v) is 2.16. The van der Waals surface area contributed by atoms with E-state index in [-0.39, 0.29) is 23.6 Å². The van der Waals surface area contributed by atoms with Crippen LogP contribution in [-0.4, -0.2) is 10.5 Å². The maximum absolute atomic E-state index is 13.1. The predicted molar refractivity (Wildman–Crippen MR) is 82.8 cm³/mol. The zero-order valence-corrected chi connectivity index (χ0v) is 12.3. The second-order valence-electron chi connectivity index (χ2n) is 5.04. The van der Waals surface area contributed by atoms with Crippen LogP contribution in [-0.2, 0) is 6.54 Å². The van der Waals surface area contributed by atoms with Crippen molar-refractivity contribution in [1.82, 2.24) is 4.57 Å². The van der Waals surface area contributed by atoms with E-state index in [9.17, 15) is 18.4 Å². The van der Waals surface area contributed by atoms with Crippen molar-refractivity contribution in [3.05, 3.63) is 88.2 Å². The van der Waals surface area contributed by atoms with Crippen molar-refractivity contribution in [1.29, 1.82) is 0 Å². The fraction of sp³-hybridized carbons (Fsp3) is 0.0588. The third-order valence-corrected chi connectivity index (χ3v) is 3.23. The van der Waals surface area contributed by atoms with Crippen molar-refractivity contribution in [2.45, 2.75) is 6.54 Å². The maximum atomic E-state index is 13.1. The molecule has 1 N–H and O–H groups in total. The van der Waals surface area contributed by atoms with Crippen LogP contribution < -0.4 is 10.9 Å². The topological polar surface area (TPSA) is 64.2 Å². The summed E-state index contributed by atoms with van der Waals surface area (Å²) in [6, 6.07) is 10.4. The van der Waals surface area contributed by atoms with E-state index in [1.807, 2.05) is 0 Å². The van der Waals surface area contributed by atoms with Gasteiger partial charge in [-0.15, -0.1) is 0 Å². The smallest absolute Gasteiger partial charge is 0.291 e. The molecule has 0 atom stereocenters. The Hall–Kier alpha value is -3.22. The number of hydrogen-bond donors (Lipinski definition) is 1. The highest BCUT2D eigenvalue weighted by molar-refractivity contribution is 6.02. The summed E-state index contributed by atoms with van der Waals surface area (Å²) in [5, 5.41) is 2.35. The molecule has 2 aromatic heterocycles. The molecule has 0 aliphatic rings. The van der Waals surface area contributed by atoms with Crippen LogP contribution in [0.2, 0.25) is 0 Å². The molecule has 0 saturated carbocycles. The molecule has 7 heteroatoms. The molecule has 3 rings (SSSR count). The molecule has 1 amide bonds. The van der Waals surface area contributed by atoms with Gasteiger partial charge in [0, 0.05) is 24.0 Å². The molecule has 0 saturated heterocycles. The second-order valence-corrected chi connectivity index (χ2v) is 5.04. The number of amides is 1. The van der Waals surface area contributed by atoms with E-state index in [4.69, 9.17) is 4.42 Å². The quantitative estimate of drug-likeness (QED) is 0.800. The normalized spacial score (nSPS) is 10.6. The molecule has 24 heavy (non-hydrogen) atoms. The molecular weight excluding hydrogens is 318 g/mol. The number of aromatic nitrogens is 1. The lowest BCUT2D eigenvalue weighted by Crippen LogP contribution is -2.18. The number of halogens is 2. The van der Waals surface area contributed by atoms with Gasteiger partial charge in [0.15, 0.2) is 5.76 Å². The van der Waals surface area contributed by atoms with Crippen LogP contribution in [0.1, 0.15) is 16.3 Å². The predicted octanol–water partition coefficient (Wildman–Crippen LogP) is 3.02. The van der Waals surface area contributed by atoms with Gasteiger partial charge in [-0.05, 0) is 30.3 Å². The van der Waals surface area contributed by atoms with Crippen LogP contribution in [0, 0.1) is 11.6 Å². The number of anilines is 1. The SMILES string of the molecule is O=C(Nc1cc(F)cc(F)c1)c1ccc(Cn2ccccc2=O)o1. The molecule has 3 aromatic rings. The van der Waals surface area contributed by atoms with Crippen LogP contribution in [0.3, 0.4) is 0 Å². The Balaban J connectivity index is 1.74. The molecule has 122 valence electrons. The highest BCUT2D eigenvalue weighted by Gasteiger charge is 2.13. The van der Waals surface area contributed by atoms with Crippen molar-refractivity contribution in [2.75, 3.05) is 5.32 Å². The summed E-state index contributed by atoms with van der Waals surface area (Å²) in [5.74, 6) is -1.87. The van der Waals surface area contributed by atoms with E-state index in [2.05, 4.69) is 5.32 Å². The van der Waals surface area contributed by atoms with E-state index in [0.29, 0.717) is 11.8 Å². The van der Waals surface area contributed by atoms with Gasteiger partial charge in [-0.1, -0.05) is 6.07 Å². The van der Waals surface area contributed by atoms with Crippen molar-refractivity contribution < 1.29 is 18.0 Å². The lowest BCUT2D eigenvalue weighted by molar-refractivity contribution is 0.0994. The average molecular weight is 330 g/mol. The van der Waals surface area contributed by atoms with Crippen LogP contribution in [0.15, 0.2) is 63.9 Å². The molecule has 2 heterocycles. The summed E-state index contributed by atoms with van der Waals surface area (Å²) in [6.07, 6.45) is 1.60. The van der Waals surface area contributed by atoms with Gasteiger partial charge in [-0.25, -0.2) is 8.78 Å². The highest BCUT2D eigenvalue weighted by atomic mass is 19.1. The van der Waals surface area contributed by atoms with Gasteiger partial charge in [-0.3, -0.25) is 9.59 Å². The van der Waals surface area contributed by atoms with E-state index < -0.39 is 17.5 Å². The molecule has 0 aliphatic heterocycles. The summed E-state index contributed by atoms with van der Waals surface area (Å²) in [5.41, 5.74) is -0.218. The Bertz CT molecular complexity index is 927. The lowest BCUT2D eigenvalue weighted by Gasteiger charge is -2.04. The van der Waals surface area contributed by atoms with Crippen LogP contribution in [0.4, 0.5) is 14.5 Å². The highest BCUT2D eigenvalue weighted by Crippen LogP contribution is 2.15. The molecule has 0 fully saturated rings. The number of carbonyl (C=O) groups excluding carboxylic acids is 1. The first kappa shape index (κ1) is 15.7. The first-order chi connectivity index (χ1) is 11.5. The Kier molecular flexibility index (Phi) is 4.24. The van der Waals surface area contributed by atoms with E-state index in [1.54, 1.807) is 24.4 Å². The van der Waals surface area contributed by atoms with Gasteiger partial charge in [0.2, 0.25) is 0 Å². The number of rotatable bonds is 4. The minimum atomic E-state index is -0.797. The summed E-state index contributed by atoms with van der Waals surface area (Å²) in [7, 11) is 0. The van der Waals surface area contributed by atoms with Gasteiger partial charge in [0.05, 0.1) is 6.54 Å². The monoisotopic (exact) mass is 330 g/mol. The molecule has 0 radical (unpaired) electrons. The third kappa shape index (κ3) is 3.57. The average Bonchev–Trinajstić information content (AvgIpc) is 2.97. The summed E-state index contributed by atoms with van der Waals surface area (Å²) >= 11 is 0. The van der Waals surface area contributed by atoms with Crippen molar-refractivity contribution >= 4 is 11.6 Å². The van der Waals surface area contributed by atoms with Crippen LogP contribution in [0.25, 0.3) is 0 Å². The number of nitrogens with one attached hydrogen (secondary N) is 1. The van der Waals surface area contributed by atoms with E-state index in [0.717, 1.165) is 12.1 Å². The molecule has 5 nitrogen and oxygen atoms in total. The van der Waals surface area contributed by atoms with Crippen molar-refractivity contribution in [3.8, 4) is 0 Å². The van der Waals surface area contributed by atoms with E-state index >= 15 is 0 Å². The number of furan rings is 1. The molecule has 0 bridgehead atoms. The molecule has 1 aromatic carbocycles. The second kappa shape index (κ2) is 6.49. The molecule has 0 unspecified atom stereocenters. The Labute approximate surface area is 135 Å². The van der Waals surface area contributed by atoms with Crippen LogP contribution >= 0.6 is 0 Å². The van der Waals surface area contributed by atoms with Gasteiger partial charge in [0.25, 0.3) is 11.5 Å². The lowest BCUT2D eigenvalue weighted by atomic mass is 10.3. The number of hydrogen-bond acceptors (Lipinski definition) is 3. The minimum Gasteiger partial charge on any atom is -0.454 e. The summed E-state index contributed by atoms with van der Waals surface area (Å²) in [4.78, 5) is 23.7. The third-order valence-electron chi connectivity index (χ3n) is 3.23. The first-order valence-electron chi connectivity index (χ1n) is 7.03. The van der Waals surface area contributed by atoms with Gasteiger partial charge in [-0.2, -0.15) is 0 Å². The van der Waals surface area contributed by atoms with Crippen molar-refractivity contribution in [3.63, 3.8) is 0 Å². The number of carbonyl (C=O) groups is 1. The zero-order chi connectivity index (χ0) is 17.1. The largest absolute Gasteiger partial charge is 0.454 e. The zero-order valence-electron chi connectivity index (χ0n) is 12.3. The van der Waals surface area contributed by atoms with Crippen LogP contribution in [0.5, 0.6) is 0 Å². The number of benzene rings is 1. The van der Waals surface area contributed by atoms with Crippen molar-refractivity contribution in [2.24, 2.45) is 0 Å². The van der Waals surface area contributed by atoms with Gasteiger partial charge in [0.1, 0.15) is 17.4 Å². The number of pyridine rings is 1. The van der Waals surface area contributed by atoms with Gasteiger partial charge >= 0.3 is 0 Å².